The number of carbonyl (C=O) groups is 1. The van der Waals surface area contributed by atoms with Crippen molar-refractivity contribution < 1.29 is 14.3 Å². The fourth-order valence-corrected chi connectivity index (χ4v) is 2.88. The Morgan fingerprint density at radius 2 is 1.96 bits per heavy atom. The van der Waals surface area contributed by atoms with E-state index < -0.39 is 5.54 Å². The van der Waals surface area contributed by atoms with Crippen LogP contribution in [0.4, 0.5) is 5.69 Å². The van der Waals surface area contributed by atoms with Gasteiger partial charge in [-0.15, -0.1) is 0 Å². The van der Waals surface area contributed by atoms with Gasteiger partial charge in [0.05, 0.1) is 25.4 Å². The first kappa shape index (κ1) is 18.9. The predicted molar refractivity (Wildman–Crippen MR) is 95.8 cm³/mol. The maximum Gasteiger partial charge on any atom is 0.244 e. The van der Waals surface area contributed by atoms with Crippen LogP contribution in [0, 0.1) is 0 Å². The number of hydrogen-bond donors (Lipinski definition) is 2. The van der Waals surface area contributed by atoms with E-state index >= 15 is 0 Å². The molecule has 1 saturated carbocycles. The topological polar surface area (TPSA) is 73.6 Å². The third kappa shape index (κ3) is 5.89. The number of anilines is 1. The summed E-state index contributed by atoms with van der Waals surface area (Å²) in [5, 5.41) is 2.95. The van der Waals surface area contributed by atoms with E-state index in [9.17, 15) is 4.79 Å². The molecule has 0 aliphatic heterocycles. The molecule has 0 spiro atoms. The van der Waals surface area contributed by atoms with E-state index in [0.717, 1.165) is 56.4 Å². The lowest BCUT2D eigenvalue weighted by Crippen LogP contribution is -2.48. The molecule has 0 atom stereocenters. The zero-order valence-electron chi connectivity index (χ0n) is 14.7. The Morgan fingerprint density at radius 1 is 1.21 bits per heavy atom. The number of ether oxygens (including phenoxy) is 2. The fourth-order valence-electron chi connectivity index (χ4n) is 2.88. The summed E-state index contributed by atoms with van der Waals surface area (Å²) in [5.74, 6) is -0.0811. The Bertz CT molecular complexity index is 513. The molecule has 1 aromatic rings. The predicted octanol–water partition coefficient (Wildman–Crippen LogP) is 3.23. The summed E-state index contributed by atoms with van der Waals surface area (Å²) < 4.78 is 11.1. The van der Waals surface area contributed by atoms with Gasteiger partial charge in [0.1, 0.15) is 0 Å². The first-order chi connectivity index (χ1) is 11.6. The maximum atomic E-state index is 12.3. The second kappa shape index (κ2) is 9.77. The zero-order chi connectivity index (χ0) is 17.3. The summed E-state index contributed by atoms with van der Waals surface area (Å²) in [6, 6.07) is 7.73. The molecule has 1 aliphatic carbocycles. The molecule has 3 N–H and O–H groups in total. The number of unbranched alkanes of at least 4 members (excludes halogenated alkanes) is 1. The van der Waals surface area contributed by atoms with Crippen molar-refractivity contribution in [3.05, 3.63) is 29.8 Å². The summed E-state index contributed by atoms with van der Waals surface area (Å²) in [7, 11) is 0. The summed E-state index contributed by atoms with van der Waals surface area (Å²) >= 11 is 0. The normalized spacial score (nSPS) is 16.2. The minimum Gasteiger partial charge on any atom is -0.379 e. The van der Waals surface area contributed by atoms with Crippen molar-refractivity contribution in [2.24, 2.45) is 5.73 Å². The van der Waals surface area contributed by atoms with Crippen molar-refractivity contribution in [3.63, 3.8) is 0 Å². The minimum absolute atomic E-state index is 0.0811. The largest absolute Gasteiger partial charge is 0.379 e. The van der Waals surface area contributed by atoms with Gasteiger partial charge in [0.25, 0.3) is 0 Å². The van der Waals surface area contributed by atoms with E-state index in [1.807, 2.05) is 24.3 Å². The lowest BCUT2D eigenvalue weighted by Gasteiger charge is -2.22. The SMILES string of the molecule is CCCCOCCOCc1cccc(NC(=O)C2(N)CCCC2)c1. The molecule has 0 unspecified atom stereocenters. The molecule has 1 amide bonds. The lowest BCUT2D eigenvalue weighted by molar-refractivity contribution is -0.121. The third-order valence-corrected chi connectivity index (χ3v) is 4.42. The molecule has 0 heterocycles. The Labute approximate surface area is 144 Å². The van der Waals surface area contributed by atoms with Crippen molar-refractivity contribution in [2.45, 2.75) is 57.6 Å². The summed E-state index contributed by atoms with van der Waals surface area (Å²) in [4.78, 5) is 12.3. The quantitative estimate of drug-likeness (QED) is 0.644. The first-order valence-electron chi connectivity index (χ1n) is 8.99. The van der Waals surface area contributed by atoms with Crippen LogP contribution in [0.1, 0.15) is 51.0 Å². The number of benzene rings is 1. The average molecular weight is 334 g/mol. The van der Waals surface area contributed by atoms with Crippen molar-refractivity contribution in [2.75, 3.05) is 25.1 Å². The molecule has 5 heteroatoms. The van der Waals surface area contributed by atoms with E-state index in [1.54, 1.807) is 0 Å². The van der Waals surface area contributed by atoms with E-state index in [1.165, 1.54) is 0 Å². The Kier molecular flexibility index (Phi) is 7.69. The zero-order valence-corrected chi connectivity index (χ0v) is 14.7. The van der Waals surface area contributed by atoms with Gasteiger partial charge in [0.2, 0.25) is 5.91 Å². The molecular weight excluding hydrogens is 304 g/mol. The highest BCUT2D eigenvalue weighted by Crippen LogP contribution is 2.28. The van der Waals surface area contributed by atoms with Crippen LogP contribution in [0.15, 0.2) is 24.3 Å². The highest BCUT2D eigenvalue weighted by molar-refractivity contribution is 5.98. The molecule has 0 aromatic heterocycles. The Morgan fingerprint density at radius 3 is 2.71 bits per heavy atom. The molecule has 1 aromatic carbocycles. The van der Waals surface area contributed by atoms with Crippen LogP contribution in [0.3, 0.4) is 0 Å². The average Bonchev–Trinajstić information content (AvgIpc) is 3.02. The number of amides is 1. The van der Waals surface area contributed by atoms with Gasteiger partial charge >= 0.3 is 0 Å². The van der Waals surface area contributed by atoms with E-state index in [-0.39, 0.29) is 5.91 Å². The second-order valence-corrected chi connectivity index (χ2v) is 6.54. The molecule has 0 radical (unpaired) electrons. The number of nitrogens with one attached hydrogen (secondary N) is 1. The fraction of sp³-hybridized carbons (Fsp3) is 0.632. The van der Waals surface area contributed by atoms with Gasteiger partial charge in [-0.05, 0) is 37.0 Å². The van der Waals surface area contributed by atoms with Crippen LogP contribution in [-0.2, 0) is 20.9 Å². The van der Waals surface area contributed by atoms with Gasteiger partial charge in [0.15, 0.2) is 0 Å². The molecule has 24 heavy (non-hydrogen) atoms. The van der Waals surface area contributed by atoms with Gasteiger partial charge in [0, 0.05) is 12.3 Å². The molecule has 2 rings (SSSR count). The monoisotopic (exact) mass is 334 g/mol. The van der Waals surface area contributed by atoms with Crippen LogP contribution >= 0.6 is 0 Å². The van der Waals surface area contributed by atoms with E-state index in [0.29, 0.717) is 19.8 Å². The summed E-state index contributed by atoms with van der Waals surface area (Å²) in [6.45, 7) is 4.64. The van der Waals surface area contributed by atoms with Gasteiger partial charge in [-0.1, -0.05) is 38.3 Å². The Hall–Kier alpha value is -1.43. The third-order valence-electron chi connectivity index (χ3n) is 4.42. The molecule has 5 nitrogen and oxygen atoms in total. The van der Waals surface area contributed by atoms with Gasteiger partial charge in [-0.25, -0.2) is 0 Å². The van der Waals surface area contributed by atoms with Gasteiger partial charge < -0.3 is 20.5 Å². The van der Waals surface area contributed by atoms with Gasteiger partial charge in [-0.2, -0.15) is 0 Å². The number of rotatable bonds is 10. The van der Waals surface area contributed by atoms with Gasteiger partial charge in [-0.3, -0.25) is 4.79 Å². The van der Waals surface area contributed by atoms with Crippen molar-refractivity contribution >= 4 is 11.6 Å². The van der Waals surface area contributed by atoms with Crippen LogP contribution < -0.4 is 11.1 Å². The van der Waals surface area contributed by atoms with Crippen LogP contribution in [0.25, 0.3) is 0 Å². The smallest absolute Gasteiger partial charge is 0.244 e. The Balaban J connectivity index is 1.74. The van der Waals surface area contributed by atoms with E-state index in [2.05, 4.69) is 12.2 Å². The lowest BCUT2D eigenvalue weighted by atomic mass is 9.98. The minimum atomic E-state index is -0.706. The van der Waals surface area contributed by atoms with Crippen LogP contribution in [-0.4, -0.2) is 31.3 Å². The van der Waals surface area contributed by atoms with Crippen molar-refractivity contribution in [1.82, 2.24) is 0 Å². The van der Waals surface area contributed by atoms with Crippen molar-refractivity contribution in [1.29, 1.82) is 0 Å². The maximum absolute atomic E-state index is 12.3. The molecule has 1 fully saturated rings. The van der Waals surface area contributed by atoms with Crippen LogP contribution in [0.5, 0.6) is 0 Å². The first-order valence-corrected chi connectivity index (χ1v) is 8.99. The molecular formula is C19H30N2O3. The van der Waals surface area contributed by atoms with E-state index in [4.69, 9.17) is 15.2 Å². The summed E-state index contributed by atoms with van der Waals surface area (Å²) in [5.41, 5.74) is 7.28. The van der Waals surface area contributed by atoms with Crippen LogP contribution in [0.2, 0.25) is 0 Å². The summed E-state index contributed by atoms with van der Waals surface area (Å²) in [6.07, 6.45) is 5.81. The second-order valence-electron chi connectivity index (χ2n) is 6.54. The highest BCUT2D eigenvalue weighted by Gasteiger charge is 2.36. The highest BCUT2D eigenvalue weighted by atomic mass is 16.5. The number of hydrogen-bond acceptors (Lipinski definition) is 4. The number of carbonyl (C=O) groups excluding carboxylic acids is 1. The van der Waals surface area contributed by atoms with Crippen molar-refractivity contribution in [3.8, 4) is 0 Å². The molecule has 0 bridgehead atoms. The number of nitrogens with two attached hydrogens (primary N) is 1. The molecule has 134 valence electrons. The standard InChI is InChI=1S/C19H30N2O3/c1-2-3-11-23-12-13-24-15-16-7-6-8-17(14-16)21-18(22)19(20)9-4-5-10-19/h6-8,14H,2-5,9-13,15,20H2,1H3,(H,21,22). The molecule has 1 aliphatic rings. The molecule has 0 saturated heterocycles.